The molecule has 0 spiro atoms. The lowest BCUT2D eigenvalue weighted by Crippen LogP contribution is -2.53. The van der Waals surface area contributed by atoms with E-state index in [4.69, 9.17) is 23.2 Å². The van der Waals surface area contributed by atoms with E-state index in [0.717, 1.165) is 24.0 Å². The number of halogens is 2. The lowest BCUT2D eigenvalue weighted by atomic mass is 9.67. The van der Waals surface area contributed by atoms with Gasteiger partial charge in [-0.15, -0.1) is 0 Å². The summed E-state index contributed by atoms with van der Waals surface area (Å²) in [6.07, 6.45) is 2.48. The van der Waals surface area contributed by atoms with Crippen molar-refractivity contribution in [3.63, 3.8) is 0 Å². The van der Waals surface area contributed by atoms with Crippen LogP contribution in [0.3, 0.4) is 0 Å². The predicted molar refractivity (Wildman–Crippen MR) is 118 cm³/mol. The highest BCUT2D eigenvalue weighted by molar-refractivity contribution is 6.30. The number of likely N-dealkylation sites (tertiary alicyclic amines) is 1. The van der Waals surface area contributed by atoms with Gasteiger partial charge in [0, 0.05) is 22.5 Å². The molecule has 0 bridgehead atoms. The number of aliphatic carboxylic acids is 1. The molecule has 6 heteroatoms. The second kappa shape index (κ2) is 8.24. The van der Waals surface area contributed by atoms with Crippen LogP contribution >= 0.6 is 23.2 Å². The van der Waals surface area contributed by atoms with Crippen molar-refractivity contribution in [2.24, 2.45) is 11.3 Å². The van der Waals surface area contributed by atoms with Gasteiger partial charge in [0.15, 0.2) is 0 Å². The molecule has 4 nitrogen and oxygen atoms in total. The minimum Gasteiger partial charge on any atom is -0.481 e. The Morgan fingerprint density at radius 2 is 1.80 bits per heavy atom. The van der Waals surface area contributed by atoms with Crippen LogP contribution in [0.1, 0.15) is 55.7 Å². The van der Waals surface area contributed by atoms with E-state index in [-0.39, 0.29) is 24.3 Å². The van der Waals surface area contributed by atoms with E-state index in [0.29, 0.717) is 28.9 Å². The number of amides is 1. The van der Waals surface area contributed by atoms with Crippen molar-refractivity contribution in [1.82, 2.24) is 4.90 Å². The first-order chi connectivity index (χ1) is 14.3. The highest BCUT2D eigenvalue weighted by Crippen LogP contribution is 2.52. The SMILES string of the molecule is CC1(CC(=O)O)CC(c2cccc(Cl)c2)C(c2ccc(Cl)cc2)N(CC2CC2)C1=O. The van der Waals surface area contributed by atoms with Gasteiger partial charge in [0.05, 0.1) is 17.9 Å². The number of hydrogen-bond donors (Lipinski definition) is 1. The molecule has 2 aromatic rings. The molecule has 2 fully saturated rings. The fraction of sp³-hybridized carbons (Fsp3) is 0.417. The molecular formula is C24H25Cl2NO3. The van der Waals surface area contributed by atoms with Crippen molar-refractivity contribution in [2.75, 3.05) is 6.54 Å². The molecular weight excluding hydrogens is 421 g/mol. The maximum Gasteiger partial charge on any atom is 0.304 e. The highest BCUT2D eigenvalue weighted by atomic mass is 35.5. The van der Waals surface area contributed by atoms with E-state index in [1.54, 1.807) is 6.92 Å². The molecule has 158 valence electrons. The van der Waals surface area contributed by atoms with Crippen LogP contribution < -0.4 is 0 Å². The minimum atomic E-state index is -0.962. The number of carbonyl (C=O) groups is 2. The molecule has 30 heavy (non-hydrogen) atoms. The van der Waals surface area contributed by atoms with E-state index >= 15 is 0 Å². The average Bonchev–Trinajstić information content (AvgIpc) is 3.50. The number of nitrogens with zero attached hydrogens (tertiary/aromatic N) is 1. The summed E-state index contributed by atoms with van der Waals surface area (Å²) in [4.78, 5) is 27.2. The van der Waals surface area contributed by atoms with Crippen LogP contribution in [0.15, 0.2) is 48.5 Å². The van der Waals surface area contributed by atoms with Crippen molar-refractivity contribution < 1.29 is 14.7 Å². The monoisotopic (exact) mass is 445 g/mol. The summed E-state index contributed by atoms with van der Waals surface area (Å²) in [5.41, 5.74) is 1.07. The molecule has 1 amide bonds. The van der Waals surface area contributed by atoms with Gasteiger partial charge in [-0.05, 0) is 60.6 Å². The Morgan fingerprint density at radius 1 is 1.10 bits per heavy atom. The number of carbonyl (C=O) groups excluding carboxylic acids is 1. The topological polar surface area (TPSA) is 57.6 Å². The van der Waals surface area contributed by atoms with Crippen molar-refractivity contribution in [3.8, 4) is 0 Å². The van der Waals surface area contributed by atoms with Gasteiger partial charge in [0.1, 0.15) is 0 Å². The maximum absolute atomic E-state index is 13.7. The minimum absolute atomic E-state index is 0.0642. The molecule has 0 aromatic heterocycles. The van der Waals surface area contributed by atoms with Crippen molar-refractivity contribution in [2.45, 2.75) is 44.6 Å². The van der Waals surface area contributed by atoms with E-state index in [9.17, 15) is 14.7 Å². The van der Waals surface area contributed by atoms with Crippen LogP contribution in [-0.4, -0.2) is 28.4 Å². The smallest absolute Gasteiger partial charge is 0.304 e. The third-order valence-electron chi connectivity index (χ3n) is 6.35. The van der Waals surface area contributed by atoms with Gasteiger partial charge >= 0.3 is 5.97 Å². The van der Waals surface area contributed by atoms with E-state index in [1.165, 1.54) is 0 Å². The van der Waals surface area contributed by atoms with Crippen molar-refractivity contribution in [1.29, 1.82) is 0 Å². The Labute approximate surface area is 186 Å². The van der Waals surface area contributed by atoms with Gasteiger partial charge < -0.3 is 10.0 Å². The largest absolute Gasteiger partial charge is 0.481 e. The maximum atomic E-state index is 13.7. The zero-order chi connectivity index (χ0) is 21.5. The average molecular weight is 446 g/mol. The van der Waals surface area contributed by atoms with Gasteiger partial charge in [-0.3, -0.25) is 9.59 Å². The normalized spacial score (nSPS) is 26.6. The van der Waals surface area contributed by atoms with Crippen LogP contribution in [0.5, 0.6) is 0 Å². The fourth-order valence-electron chi connectivity index (χ4n) is 4.74. The van der Waals surface area contributed by atoms with Gasteiger partial charge in [-0.25, -0.2) is 0 Å². The molecule has 1 aliphatic heterocycles. The summed E-state index contributed by atoms with van der Waals surface area (Å²) in [5.74, 6) is -0.608. The van der Waals surface area contributed by atoms with Crippen LogP contribution in [0, 0.1) is 11.3 Å². The van der Waals surface area contributed by atoms with Crippen molar-refractivity contribution >= 4 is 35.1 Å². The molecule has 3 unspecified atom stereocenters. The summed E-state index contributed by atoms with van der Waals surface area (Å²) in [7, 11) is 0. The zero-order valence-electron chi connectivity index (χ0n) is 16.9. The molecule has 1 N–H and O–H groups in total. The van der Waals surface area contributed by atoms with E-state index in [1.807, 2.05) is 53.4 Å². The lowest BCUT2D eigenvalue weighted by molar-refractivity contribution is -0.157. The summed E-state index contributed by atoms with van der Waals surface area (Å²) < 4.78 is 0. The van der Waals surface area contributed by atoms with Gasteiger partial charge in [-0.2, -0.15) is 0 Å². The Hall–Kier alpha value is -2.04. The lowest BCUT2D eigenvalue weighted by Gasteiger charge is -2.49. The molecule has 3 atom stereocenters. The van der Waals surface area contributed by atoms with Crippen LogP contribution in [0.2, 0.25) is 10.0 Å². The molecule has 1 saturated heterocycles. The molecule has 1 heterocycles. The number of rotatable bonds is 6. The Balaban J connectivity index is 1.83. The molecule has 1 saturated carbocycles. The van der Waals surface area contributed by atoms with Gasteiger partial charge in [-0.1, -0.05) is 54.4 Å². The molecule has 2 aromatic carbocycles. The fourth-order valence-corrected chi connectivity index (χ4v) is 5.07. The number of hydrogen-bond acceptors (Lipinski definition) is 2. The number of benzene rings is 2. The Bertz CT molecular complexity index is 957. The summed E-state index contributed by atoms with van der Waals surface area (Å²) in [6, 6.07) is 15.1. The predicted octanol–water partition coefficient (Wildman–Crippen LogP) is 5.94. The van der Waals surface area contributed by atoms with Crippen LogP contribution in [-0.2, 0) is 9.59 Å². The Kier molecular flexibility index (Phi) is 5.82. The molecule has 2 aliphatic rings. The third-order valence-corrected chi connectivity index (χ3v) is 6.83. The zero-order valence-corrected chi connectivity index (χ0v) is 18.4. The summed E-state index contributed by atoms with van der Waals surface area (Å²) >= 11 is 12.4. The van der Waals surface area contributed by atoms with Crippen molar-refractivity contribution in [3.05, 3.63) is 69.7 Å². The number of carboxylic acid groups (broad SMARTS) is 1. The van der Waals surface area contributed by atoms with E-state index < -0.39 is 11.4 Å². The molecule has 1 aliphatic carbocycles. The Morgan fingerprint density at radius 3 is 2.40 bits per heavy atom. The summed E-state index contributed by atoms with van der Waals surface area (Å²) in [6.45, 7) is 2.44. The highest BCUT2D eigenvalue weighted by Gasteiger charge is 2.51. The van der Waals surface area contributed by atoms with Crippen LogP contribution in [0.25, 0.3) is 0 Å². The number of carboxylic acids is 1. The first-order valence-corrected chi connectivity index (χ1v) is 11.1. The molecule has 0 radical (unpaired) electrons. The number of piperidine rings is 1. The quantitative estimate of drug-likeness (QED) is 0.597. The second-order valence-corrected chi connectivity index (χ2v) is 9.77. The van der Waals surface area contributed by atoms with Gasteiger partial charge in [0.2, 0.25) is 5.91 Å². The summed E-state index contributed by atoms with van der Waals surface area (Å²) in [5, 5.41) is 10.8. The standard InChI is InChI=1S/C24H25Cl2NO3/c1-24(13-21(28)29)12-20(17-3-2-4-19(26)11-17)22(16-7-9-18(25)10-8-16)27(23(24)30)14-15-5-6-15/h2-4,7-11,15,20,22H,5-6,12-14H2,1H3,(H,28,29). The van der Waals surface area contributed by atoms with E-state index in [2.05, 4.69) is 0 Å². The third kappa shape index (κ3) is 4.35. The second-order valence-electron chi connectivity index (χ2n) is 8.89. The molecule has 4 rings (SSSR count). The first-order valence-electron chi connectivity index (χ1n) is 10.3. The van der Waals surface area contributed by atoms with Gasteiger partial charge in [0.25, 0.3) is 0 Å². The van der Waals surface area contributed by atoms with Crippen LogP contribution in [0.4, 0.5) is 0 Å². The first kappa shape index (κ1) is 21.2.